The number of nitrogens with zero attached hydrogens (tertiary/aromatic N) is 1. The number of anilines is 1. The molecule has 1 heterocycles. The lowest BCUT2D eigenvalue weighted by Gasteiger charge is -2.14. The van der Waals surface area contributed by atoms with E-state index in [1.807, 2.05) is 0 Å². The van der Waals surface area contributed by atoms with Crippen LogP contribution >= 0.6 is 7.82 Å². The second kappa shape index (κ2) is 10.1. The van der Waals surface area contributed by atoms with Crippen molar-refractivity contribution < 1.29 is 37.2 Å². The van der Waals surface area contributed by atoms with E-state index in [-0.39, 0.29) is 22.6 Å². The molecule has 1 aromatic heterocycles. The highest BCUT2D eigenvalue weighted by Gasteiger charge is 2.17. The van der Waals surface area contributed by atoms with Gasteiger partial charge in [-0.15, -0.1) is 0 Å². The molecule has 3 aromatic rings. The number of benzene rings is 2. The van der Waals surface area contributed by atoms with Crippen LogP contribution in [0.15, 0.2) is 59.5 Å². The Kier molecular flexibility index (Phi) is 7.39. The normalized spacial score (nSPS) is 11.3. The number of alkyl halides is 1. The highest BCUT2D eigenvalue weighted by Crippen LogP contribution is 2.36. The molecule has 3 N–H and O–H groups in total. The summed E-state index contributed by atoms with van der Waals surface area (Å²) in [5, 5.41) is 2.49. The largest absolute Gasteiger partial charge is 0.471 e. The molecule has 9 nitrogen and oxygen atoms in total. The Morgan fingerprint density at radius 3 is 2.48 bits per heavy atom. The standard InChI is InChI=1S/C21H19F2N2O7P/c1-13-8-15(23)3-5-18(13)32-19-4-2-14(11-22)9-17(19)21(27)24-16-6-7-25(20(26)10-16)12-31-33(28,29)30/h2-10H,11-12H2,1H3,(H,24,27)(H2,28,29,30). The summed E-state index contributed by atoms with van der Waals surface area (Å²) < 4.78 is 48.2. The molecule has 0 aliphatic rings. The molecule has 0 aliphatic heterocycles. The van der Waals surface area contributed by atoms with Crippen molar-refractivity contribution >= 4 is 19.4 Å². The highest BCUT2D eigenvalue weighted by atomic mass is 31.2. The molecule has 0 aliphatic carbocycles. The molecular weight excluding hydrogens is 461 g/mol. The first kappa shape index (κ1) is 24.3. The van der Waals surface area contributed by atoms with Crippen molar-refractivity contribution in [3.05, 3.63) is 87.6 Å². The number of aryl methyl sites for hydroxylation is 1. The smallest absolute Gasteiger partial charge is 0.456 e. The summed E-state index contributed by atoms with van der Waals surface area (Å²) in [6, 6.07) is 10.3. The summed E-state index contributed by atoms with van der Waals surface area (Å²) >= 11 is 0. The lowest BCUT2D eigenvalue weighted by atomic mass is 10.1. The van der Waals surface area contributed by atoms with Crippen LogP contribution in [-0.2, 0) is 22.5 Å². The average molecular weight is 480 g/mol. The van der Waals surface area contributed by atoms with Crippen molar-refractivity contribution in [2.24, 2.45) is 0 Å². The van der Waals surface area contributed by atoms with Gasteiger partial charge in [0.25, 0.3) is 11.5 Å². The van der Waals surface area contributed by atoms with Crippen LogP contribution in [0.1, 0.15) is 21.5 Å². The van der Waals surface area contributed by atoms with Crippen LogP contribution in [-0.4, -0.2) is 20.3 Å². The number of halogens is 2. The second-order valence-corrected chi connectivity index (χ2v) is 8.14. The van der Waals surface area contributed by atoms with Gasteiger partial charge < -0.3 is 19.8 Å². The molecular formula is C21H19F2N2O7P. The van der Waals surface area contributed by atoms with Gasteiger partial charge in [-0.3, -0.25) is 18.7 Å². The Hall–Kier alpha value is -3.37. The first-order valence-electron chi connectivity index (χ1n) is 9.40. The first-order chi connectivity index (χ1) is 15.6. The number of carbonyl (C=O) groups excluding carboxylic acids is 1. The molecule has 3 rings (SSSR count). The Morgan fingerprint density at radius 1 is 1.12 bits per heavy atom. The van der Waals surface area contributed by atoms with Gasteiger partial charge in [0.15, 0.2) is 0 Å². The van der Waals surface area contributed by atoms with E-state index in [1.165, 1.54) is 48.7 Å². The minimum atomic E-state index is -4.77. The predicted molar refractivity (Wildman–Crippen MR) is 114 cm³/mol. The second-order valence-electron chi connectivity index (χ2n) is 6.90. The number of carbonyl (C=O) groups is 1. The fraction of sp³-hybridized carbons (Fsp3) is 0.143. The van der Waals surface area contributed by atoms with E-state index >= 15 is 0 Å². The van der Waals surface area contributed by atoms with Gasteiger partial charge in [0.1, 0.15) is 30.7 Å². The molecule has 12 heteroatoms. The number of ether oxygens (including phenoxy) is 1. The quantitative estimate of drug-likeness (QED) is 0.418. The third-order valence-corrected chi connectivity index (χ3v) is 4.87. The summed E-state index contributed by atoms with van der Waals surface area (Å²) in [6.07, 6.45) is 1.17. The van der Waals surface area contributed by atoms with E-state index in [2.05, 4.69) is 9.84 Å². The number of hydrogen-bond acceptors (Lipinski definition) is 5. The zero-order chi connectivity index (χ0) is 24.2. The maximum absolute atomic E-state index is 13.4. The topological polar surface area (TPSA) is 127 Å². The summed E-state index contributed by atoms with van der Waals surface area (Å²) in [6.45, 7) is 0.107. The van der Waals surface area contributed by atoms with E-state index in [0.717, 1.165) is 10.6 Å². The van der Waals surface area contributed by atoms with Gasteiger partial charge >= 0.3 is 7.82 Å². The molecule has 0 saturated carbocycles. The number of hydrogen-bond donors (Lipinski definition) is 3. The number of phosphoric acid groups is 1. The number of nitrogens with one attached hydrogen (secondary N) is 1. The predicted octanol–water partition coefficient (Wildman–Crippen LogP) is 3.88. The first-order valence-corrected chi connectivity index (χ1v) is 10.9. The Labute approximate surface area is 186 Å². The van der Waals surface area contributed by atoms with Crippen molar-refractivity contribution in [3.63, 3.8) is 0 Å². The molecule has 0 unspecified atom stereocenters. The van der Waals surface area contributed by atoms with E-state index < -0.39 is 38.5 Å². The van der Waals surface area contributed by atoms with Crippen molar-refractivity contribution in [2.75, 3.05) is 5.32 Å². The van der Waals surface area contributed by atoms with Gasteiger partial charge in [-0.1, -0.05) is 6.07 Å². The van der Waals surface area contributed by atoms with Crippen LogP contribution in [0.25, 0.3) is 0 Å². The lowest BCUT2D eigenvalue weighted by molar-refractivity contribution is 0.102. The van der Waals surface area contributed by atoms with Gasteiger partial charge in [-0.25, -0.2) is 13.3 Å². The molecule has 174 valence electrons. The van der Waals surface area contributed by atoms with Gasteiger partial charge in [-0.05, 0) is 54.4 Å². The molecule has 0 fully saturated rings. The molecule has 1 amide bonds. The number of rotatable bonds is 8. The van der Waals surface area contributed by atoms with Crippen molar-refractivity contribution in [1.82, 2.24) is 4.57 Å². The molecule has 33 heavy (non-hydrogen) atoms. The Balaban J connectivity index is 1.85. The molecule has 0 spiro atoms. The summed E-state index contributed by atoms with van der Waals surface area (Å²) in [5.74, 6) is -0.774. The molecule has 0 radical (unpaired) electrons. The Bertz CT molecular complexity index is 1290. The van der Waals surface area contributed by atoms with Gasteiger partial charge in [0.05, 0.1) is 5.56 Å². The fourth-order valence-corrected chi connectivity index (χ4v) is 3.08. The number of phosphoric ester groups is 1. The van der Waals surface area contributed by atoms with E-state index in [4.69, 9.17) is 14.5 Å². The van der Waals surface area contributed by atoms with Crippen LogP contribution in [0, 0.1) is 12.7 Å². The summed E-state index contributed by atoms with van der Waals surface area (Å²) in [5.41, 5.74) is 0.0532. The minimum absolute atomic E-state index is 0.0251. The van der Waals surface area contributed by atoms with E-state index in [1.54, 1.807) is 6.92 Å². The van der Waals surface area contributed by atoms with Crippen LogP contribution in [0.4, 0.5) is 14.5 Å². The lowest BCUT2D eigenvalue weighted by Crippen LogP contribution is -2.21. The van der Waals surface area contributed by atoms with E-state index in [0.29, 0.717) is 11.3 Å². The van der Waals surface area contributed by atoms with Crippen LogP contribution in [0.2, 0.25) is 0 Å². The third-order valence-electron chi connectivity index (χ3n) is 4.42. The van der Waals surface area contributed by atoms with Crippen LogP contribution in [0.5, 0.6) is 11.5 Å². The zero-order valence-electron chi connectivity index (χ0n) is 17.2. The monoisotopic (exact) mass is 480 g/mol. The minimum Gasteiger partial charge on any atom is -0.456 e. The number of pyridine rings is 1. The number of amides is 1. The molecule has 2 aromatic carbocycles. The number of aromatic nitrogens is 1. The summed E-state index contributed by atoms with van der Waals surface area (Å²) in [7, 11) is -4.77. The molecule has 0 atom stereocenters. The van der Waals surface area contributed by atoms with Crippen LogP contribution in [0.3, 0.4) is 0 Å². The average Bonchev–Trinajstić information content (AvgIpc) is 2.74. The van der Waals surface area contributed by atoms with Gasteiger partial charge in [-0.2, -0.15) is 0 Å². The maximum Gasteiger partial charge on any atom is 0.471 e. The zero-order valence-corrected chi connectivity index (χ0v) is 18.1. The van der Waals surface area contributed by atoms with Crippen molar-refractivity contribution in [1.29, 1.82) is 0 Å². The van der Waals surface area contributed by atoms with Crippen molar-refractivity contribution in [2.45, 2.75) is 20.3 Å². The molecule has 0 bridgehead atoms. The SMILES string of the molecule is Cc1cc(F)ccc1Oc1ccc(CF)cc1C(=O)Nc1ccn(COP(=O)(O)O)c(=O)c1. The summed E-state index contributed by atoms with van der Waals surface area (Å²) in [4.78, 5) is 42.5. The molecule has 0 saturated heterocycles. The van der Waals surface area contributed by atoms with Crippen LogP contribution < -0.4 is 15.6 Å². The van der Waals surface area contributed by atoms with E-state index in [9.17, 15) is 22.9 Å². The van der Waals surface area contributed by atoms with Gasteiger partial charge in [0.2, 0.25) is 0 Å². The third kappa shape index (κ3) is 6.56. The fourth-order valence-electron chi connectivity index (χ4n) is 2.80. The van der Waals surface area contributed by atoms with Crippen molar-refractivity contribution in [3.8, 4) is 11.5 Å². The maximum atomic E-state index is 13.4. The highest BCUT2D eigenvalue weighted by molar-refractivity contribution is 7.46. The van der Waals surface area contributed by atoms with Gasteiger partial charge in [0, 0.05) is 18.0 Å². The Morgan fingerprint density at radius 2 is 1.85 bits per heavy atom.